The van der Waals surface area contributed by atoms with Crippen LogP contribution in [0.3, 0.4) is 0 Å². The maximum Gasteiger partial charge on any atom is 0.306 e. The molecule has 0 bridgehead atoms. The zero-order valence-corrected chi connectivity index (χ0v) is 43.9. The summed E-state index contributed by atoms with van der Waals surface area (Å²) < 4.78 is 34.7. The van der Waals surface area contributed by atoms with Crippen LogP contribution in [0.1, 0.15) is 168 Å². The van der Waals surface area contributed by atoms with Gasteiger partial charge in [-0.25, -0.2) is 0 Å². The Morgan fingerprint density at radius 2 is 0.821 bits per heavy atom. The Labute approximate surface area is 411 Å². The third kappa shape index (κ3) is 53.5. The zero-order valence-electron chi connectivity index (χ0n) is 43.0. The van der Waals surface area contributed by atoms with Crippen molar-refractivity contribution in [2.24, 2.45) is 0 Å². The molecule has 2 unspecified atom stereocenters. The van der Waals surface area contributed by atoms with Crippen molar-refractivity contribution in [3.63, 3.8) is 0 Å². The molecule has 0 saturated heterocycles. The summed E-state index contributed by atoms with van der Waals surface area (Å²) in [6, 6.07) is 0. The molecule has 0 aromatic carbocycles. The number of allylic oxidation sites excluding steroid dienone is 22. The summed E-state index contributed by atoms with van der Waals surface area (Å²) in [6.45, 7) is 5.07. The predicted octanol–water partition coefficient (Wildman–Crippen LogP) is 15.6. The first-order valence-electron chi connectivity index (χ1n) is 25.9. The van der Waals surface area contributed by atoms with Gasteiger partial charge in [-0.05, 0) is 109 Å². The summed E-state index contributed by atoms with van der Waals surface area (Å²) in [5.41, 5.74) is 0. The van der Waals surface area contributed by atoms with Crippen LogP contribution < -0.4 is 4.89 Å². The molecule has 0 radical (unpaired) electrons. The van der Waals surface area contributed by atoms with Crippen LogP contribution in [0, 0.1) is 0 Å². The smallest absolute Gasteiger partial charge is 0.306 e. The van der Waals surface area contributed by atoms with Crippen LogP contribution in [0.15, 0.2) is 134 Å². The molecule has 0 aliphatic carbocycles. The fraction of sp³-hybridized carbons (Fsp3) is 0.603. The number of unbranched alkanes of at least 4 members (excludes halogenated alkanes) is 10. The second kappa shape index (κ2) is 49.1. The number of phosphoric acid groups is 1. The molecule has 0 amide bonds. The van der Waals surface area contributed by atoms with Crippen molar-refractivity contribution in [1.82, 2.24) is 0 Å². The number of quaternary nitrogens is 1. The highest BCUT2D eigenvalue weighted by Crippen LogP contribution is 2.38. The first kappa shape index (κ1) is 63.6. The molecule has 8 nitrogen and oxygen atoms in total. The van der Waals surface area contributed by atoms with Crippen LogP contribution in [0.4, 0.5) is 0 Å². The topological polar surface area (TPSA) is 94.1 Å². The van der Waals surface area contributed by atoms with Gasteiger partial charge in [-0.2, -0.15) is 0 Å². The Balaban J connectivity index is 4.26. The second-order valence-corrected chi connectivity index (χ2v) is 19.2. The summed E-state index contributed by atoms with van der Waals surface area (Å²) >= 11 is 0. The molecule has 0 saturated carbocycles. The van der Waals surface area contributed by atoms with Crippen molar-refractivity contribution in [3.8, 4) is 0 Å². The molecule has 0 aliphatic rings. The number of ether oxygens (including phenoxy) is 2. The maximum atomic E-state index is 12.7. The van der Waals surface area contributed by atoms with E-state index in [1.165, 1.54) is 25.7 Å². The van der Waals surface area contributed by atoms with Gasteiger partial charge in [-0.15, -0.1) is 0 Å². The number of hydrogen-bond acceptors (Lipinski definition) is 7. The molecule has 0 N–H and O–H groups in total. The normalized spacial score (nSPS) is 14.7. The van der Waals surface area contributed by atoms with Crippen molar-refractivity contribution >= 4 is 13.8 Å². The lowest BCUT2D eigenvalue weighted by Gasteiger charge is -2.28. The number of carbonyl (C=O) groups excluding carboxylic acids is 1. The first-order chi connectivity index (χ1) is 32.6. The Kier molecular flexibility index (Phi) is 46.6. The molecule has 2 atom stereocenters. The molecule has 0 aromatic rings. The Morgan fingerprint density at radius 1 is 0.463 bits per heavy atom. The van der Waals surface area contributed by atoms with Gasteiger partial charge in [-0.3, -0.25) is 9.36 Å². The number of rotatable bonds is 46. The van der Waals surface area contributed by atoms with Gasteiger partial charge in [0, 0.05) is 13.0 Å². The predicted molar refractivity (Wildman–Crippen MR) is 286 cm³/mol. The second-order valence-electron chi connectivity index (χ2n) is 17.8. The van der Waals surface area contributed by atoms with Gasteiger partial charge in [0.2, 0.25) is 0 Å². The van der Waals surface area contributed by atoms with Crippen LogP contribution in [0.2, 0.25) is 0 Å². The lowest BCUT2D eigenvalue weighted by Crippen LogP contribution is -2.37. The minimum absolute atomic E-state index is 0.00826. The molecule has 0 fully saturated rings. The van der Waals surface area contributed by atoms with Crippen LogP contribution in [0.25, 0.3) is 0 Å². The van der Waals surface area contributed by atoms with Crippen molar-refractivity contribution < 1.29 is 37.3 Å². The number of phosphoric ester groups is 1. The monoisotopic (exact) mass is 950 g/mol. The third-order valence-electron chi connectivity index (χ3n) is 10.2. The van der Waals surface area contributed by atoms with Gasteiger partial charge < -0.3 is 27.9 Å². The number of likely N-dealkylation sites (N-methyl/N-ethyl adjacent to an activating group) is 1. The van der Waals surface area contributed by atoms with Crippen LogP contribution in [0.5, 0.6) is 0 Å². The van der Waals surface area contributed by atoms with Crippen LogP contribution >= 0.6 is 7.82 Å². The molecular weight excluding hydrogens is 854 g/mol. The highest BCUT2D eigenvalue weighted by atomic mass is 31.2. The molecule has 0 aliphatic heterocycles. The Morgan fingerprint density at radius 3 is 1.22 bits per heavy atom. The third-order valence-corrected chi connectivity index (χ3v) is 11.2. The van der Waals surface area contributed by atoms with Crippen LogP contribution in [-0.4, -0.2) is 70.7 Å². The summed E-state index contributed by atoms with van der Waals surface area (Å²) in [7, 11) is 1.30. The summed E-state index contributed by atoms with van der Waals surface area (Å²) in [5.74, 6) is -0.375. The van der Waals surface area contributed by atoms with Crippen molar-refractivity contribution in [2.45, 2.75) is 174 Å². The van der Waals surface area contributed by atoms with Crippen molar-refractivity contribution in [3.05, 3.63) is 134 Å². The summed E-state index contributed by atoms with van der Waals surface area (Å²) in [6.07, 6.45) is 71.9. The molecule has 9 heteroatoms. The van der Waals surface area contributed by atoms with Gasteiger partial charge in [0.05, 0.1) is 34.4 Å². The molecule has 0 heterocycles. The fourth-order valence-corrected chi connectivity index (χ4v) is 7.01. The number of hydrogen-bond donors (Lipinski definition) is 0. The molecule has 0 spiro atoms. The number of esters is 1. The highest BCUT2D eigenvalue weighted by Gasteiger charge is 2.20. The van der Waals surface area contributed by atoms with E-state index in [-0.39, 0.29) is 32.2 Å². The fourth-order valence-electron chi connectivity index (χ4n) is 6.28. The van der Waals surface area contributed by atoms with E-state index in [4.69, 9.17) is 18.5 Å². The van der Waals surface area contributed by atoms with Gasteiger partial charge in [0.15, 0.2) is 0 Å². The van der Waals surface area contributed by atoms with Crippen LogP contribution in [-0.2, 0) is 27.9 Å². The average molecular weight is 950 g/mol. The van der Waals surface area contributed by atoms with E-state index in [0.717, 1.165) is 116 Å². The quantitative estimate of drug-likeness (QED) is 0.0197. The first-order valence-corrected chi connectivity index (χ1v) is 27.4. The lowest BCUT2D eigenvalue weighted by atomic mass is 10.1. The minimum Gasteiger partial charge on any atom is -0.756 e. The molecule has 380 valence electrons. The van der Waals surface area contributed by atoms with E-state index in [2.05, 4.69) is 148 Å². The number of nitrogens with zero attached hydrogens (tertiary/aromatic N) is 1. The average Bonchev–Trinajstić information content (AvgIpc) is 3.29. The van der Waals surface area contributed by atoms with E-state index >= 15 is 0 Å². The largest absolute Gasteiger partial charge is 0.756 e. The van der Waals surface area contributed by atoms with Gasteiger partial charge in [0.25, 0.3) is 7.82 Å². The molecular formula is C58H96NO7P. The lowest BCUT2D eigenvalue weighted by molar-refractivity contribution is -0.870. The maximum absolute atomic E-state index is 12.7. The minimum atomic E-state index is -4.56. The van der Waals surface area contributed by atoms with Gasteiger partial charge in [-0.1, -0.05) is 186 Å². The van der Waals surface area contributed by atoms with E-state index in [0.29, 0.717) is 24.1 Å². The molecule has 0 aromatic heterocycles. The Hall–Kier alpha value is -3.36. The molecule has 0 rings (SSSR count). The van der Waals surface area contributed by atoms with E-state index in [9.17, 15) is 14.3 Å². The van der Waals surface area contributed by atoms with E-state index < -0.39 is 13.9 Å². The Bertz CT molecular complexity index is 1520. The summed E-state index contributed by atoms with van der Waals surface area (Å²) in [4.78, 5) is 25.2. The van der Waals surface area contributed by atoms with E-state index in [1.807, 2.05) is 21.1 Å². The van der Waals surface area contributed by atoms with Gasteiger partial charge >= 0.3 is 5.97 Å². The highest BCUT2D eigenvalue weighted by molar-refractivity contribution is 7.45. The standard InChI is InChI=1S/C58H96NO7P/c1-6-8-10-12-14-16-18-20-22-24-26-27-28-29-30-31-32-34-36-38-40-42-44-46-48-50-53-63-55-57(56-65-67(61,62)64-54-52-59(3,4)5)66-58(60)51-49-47-45-43-41-39-37-35-33-25-23-21-19-17-15-13-11-9-7-2/h8-11,14-17,20-23,26-27,29-30,32-35,39,41,57H,6-7,12-13,18-19,24-25,28,31,36-38,40,42-56H2,1-5H3/b10-8-,11-9-,16-14-,17-15-,22-20-,23-21-,27-26-,30-29-,34-32-,35-33-,41-39-. The number of carbonyl (C=O) groups is 1. The summed E-state index contributed by atoms with van der Waals surface area (Å²) in [5, 5.41) is 0. The van der Waals surface area contributed by atoms with E-state index in [1.54, 1.807) is 0 Å². The zero-order chi connectivity index (χ0) is 49.0. The van der Waals surface area contributed by atoms with Crippen molar-refractivity contribution in [1.29, 1.82) is 0 Å². The van der Waals surface area contributed by atoms with Crippen molar-refractivity contribution in [2.75, 3.05) is 54.1 Å². The van der Waals surface area contributed by atoms with Gasteiger partial charge in [0.1, 0.15) is 19.3 Å². The molecule has 67 heavy (non-hydrogen) atoms. The SMILES string of the molecule is CC/C=C\C/C=C\C/C=C\C/C=C\C/C=C\C/C=C\CCCCCCCCCOCC(COP(=O)([O-])OCC[N+](C)(C)C)OC(=O)CCCCC/C=C\C/C=C\C/C=C\C/C=C\C/C=C\CC.